The van der Waals surface area contributed by atoms with Crippen molar-refractivity contribution in [3.05, 3.63) is 0 Å². The summed E-state index contributed by atoms with van der Waals surface area (Å²) in [5, 5.41) is 9.63. The molecule has 0 bridgehead atoms. The SMILES string of the molecule is COCC1CCC(O)N1C(C)C. The average Bonchev–Trinajstić information content (AvgIpc) is 2.32. The van der Waals surface area contributed by atoms with Gasteiger partial charge in [0, 0.05) is 19.2 Å². The van der Waals surface area contributed by atoms with Crippen LogP contribution in [0.2, 0.25) is 0 Å². The van der Waals surface area contributed by atoms with E-state index in [0.717, 1.165) is 19.4 Å². The number of nitrogens with zero attached hydrogens (tertiary/aromatic N) is 1. The summed E-state index contributed by atoms with van der Waals surface area (Å²) in [6.07, 6.45) is 1.67. The van der Waals surface area contributed by atoms with E-state index in [1.54, 1.807) is 7.11 Å². The fraction of sp³-hybridized carbons (Fsp3) is 1.00. The Bertz CT molecular complexity index is 136. The van der Waals surface area contributed by atoms with Gasteiger partial charge >= 0.3 is 0 Å². The zero-order valence-electron chi connectivity index (χ0n) is 8.16. The van der Waals surface area contributed by atoms with E-state index in [4.69, 9.17) is 4.74 Å². The van der Waals surface area contributed by atoms with Crippen LogP contribution in [0.3, 0.4) is 0 Å². The van der Waals surface area contributed by atoms with E-state index in [1.165, 1.54) is 0 Å². The van der Waals surface area contributed by atoms with Gasteiger partial charge in [0.25, 0.3) is 0 Å². The zero-order valence-corrected chi connectivity index (χ0v) is 8.16. The Morgan fingerprint density at radius 1 is 1.50 bits per heavy atom. The lowest BCUT2D eigenvalue weighted by molar-refractivity contribution is -0.0212. The van der Waals surface area contributed by atoms with Crippen molar-refractivity contribution >= 4 is 0 Å². The van der Waals surface area contributed by atoms with Gasteiger partial charge in [-0.05, 0) is 26.7 Å². The summed E-state index contributed by atoms with van der Waals surface area (Å²) in [4.78, 5) is 2.13. The van der Waals surface area contributed by atoms with Crippen molar-refractivity contribution in [2.24, 2.45) is 0 Å². The zero-order chi connectivity index (χ0) is 9.14. The maximum Gasteiger partial charge on any atom is 0.107 e. The molecule has 0 aliphatic carbocycles. The van der Waals surface area contributed by atoms with Crippen molar-refractivity contribution in [2.45, 2.75) is 45.0 Å². The van der Waals surface area contributed by atoms with Gasteiger partial charge < -0.3 is 9.84 Å². The van der Waals surface area contributed by atoms with E-state index in [9.17, 15) is 5.11 Å². The number of likely N-dealkylation sites (tertiary alicyclic amines) is 1. The van der Waals surface area contributed by atoms with Gasteiger partial charge in [0.1, 0.15) is 6.23 Å². The first-order valence-electron chi connectivity index (χ1n) is 4.61. The maximum atomic E-state index is 9.63. The second-order valence-corrected chi connectivity index (χ2v) is 3.71. The minimum absolute atomic E-state index is 0.259. The van der Waals surface area contributed by atoms with Gasteiger partial charge in [-0.1, -0.05) is 0 Å². The molecule has 1 rings (SSSR count). The molecule has 1 heterocycles. The molecule has 0 aromatic heterocycles. The second-order valence-electron chi connectivity index (χ2n) is 3.71. The number of hydrogen-bond acceptors (Lipinski definition) is 3. The van der Waals surface area contributed by atoms with Gasteiger partial charge in [0.05, 0.1) is 6.61 Å². The highest BCUT2D eigenvalue weighted by atomic mass is 16.5. The number of hydrogen-bond donors (Lipinski definition) is 1. The van der Waals surface area contributed by atoms with E-state index in [2.05, 4.69) is 18.7 Å². The summed E-state index contributed by atoms with van der Waals surface area (Å²) in [5.74, 6) is 0. The molecule has 3 nitrogen and oxygen atoms in total. The molecule has 1 aliphatic heterocycles. The molecule has 72 valence electrons. The third-order valence-corrected chi connectivity index (χ3v) is 2.48. The van der Waals surface area contributed by atoms with Gasteiger partial charge in [-0.2, -0.15) is 0 Å². The topological polar surface area (TPSA) is 32.7 Å². The smallest absolute Gasteiger partial charge is 0.107 e. The lowest BCUT2D eigenvalue weighted by atomic mass is 10.2. The highest BCUT2D eigenvalue weighted by molar-refractivity contribution is 4.83. The molecule has 1 fully saturated rings. The first kappa shape index (κ1) is 9.96. The minimum Gasteiger partial charge on any atom is -0.383 e. The van der Waals surface area contributed by atoms with Crippen LogP contribution in [0.15, 0.2) is 0 Å². The van der Waals surface area contributed by atoms with Gasteiger partial charge in [-0.15, -0.1) is 0 Å². The summed E-state index contributed by atoms with van der Waals surface area (Å²) >= 11 is 0. The van der Waals surface area contributed by atoms with Gasteiger partial charge in [0.15, 0.2) is 0 Å². The van der Waals surface area contributed by atoms with E-state index in [-0.39, 0.29) is 6.23 Å². The maximum absolute atomic E-state index is 9.63. The Labute approximate surface area is 74.3 Å². The monoisotopic (exact) mass is 173 g/mol. The molecule has 2 unspecified atom stereocenters. The third-order valence-electron chi connectivity index (χ3n) is 2.48. The summed E-state index contributed by atoms with van der Waals surface area (Å²) in [7, 11) is 1.71. The van der Waals surface area contributed by atoms with Gasteiger partial charge in [0.2, 0.25) is 0 Å². The second kappa shape index (κ2) is 4.21. The summed E-state index contributed by atoms with van der Waals surface area (Å²) < 4.78 is 5.10. The molecule has 1 aliphatic rings. The van der Waals surface area contributed by atoms with E-state index >= 15 is 0 Å². The van der Waals surface area contributed by atoms with E-state index < -0.39 is 0 Å². The van der Waals surface area contributed by atoms with Crippen LogP contribution in [0.5, 0.6) is 0 Å². The Morgan fingerprint density at radius 3 is 2.67 bits per heavy atom. The minimum atomic E-state index is -0.259. The Hall–Kier alpha value is -0.120. The molecule has 2 atom stereocenters. The predicted octanol–water partition coefficient (Wildman–Crippen LogP) is 0.824. The highest BCUT2D eigenvalue weighted by Crippen LogP contribution is 2.24. The van der Waals surface area contributed by atoms with Crippen LogP contribution in [0, 0.1) is 0 Å². The molecule has 0 saturated carbocycles. The average molecular weight is 173 g/mol. The van der Waals surface area contributed by atoms with Crippen molar-refractivity contribution in [2.75, 3.05) is 13.7 Å². The lowest BCUT2D eigenvalue weighted by Crippen LogP contribution is -2.43. The Balaban J connectivity index is 2.51. The predicted molar refractivity (Wildman–Crippen MR) is 47.9 cm³/mol. The number of methoxy groups -OCH3 is 1. The molecule has 1 saturated heterocycles. The molecule has 0 aromatic carbocycles. The quantitative estimate of drug-likeness (QED) is 0.686. The van der Waals surface area contributed by atoms with Crippen LogP contribution in [-0.4, -0.2) is 42.0 Å². The number of aliphatic hydroxyl groups is 1. The number of rotatable bonds is 3. The van der Waals surface area contributed by atoms with Gasteiger partial charge in [-0.3, -0.25) is 4.90 Å². The van der Waals surface area contributed by atoms with Crippen LogP contribution in [-0.2, 0) is 4.74 Å². The van der Waals surface area contributed by atoms with Crippen LogP contribution >= 0.6 is 0 Å². The third kappa shape index (κ3) is 1.97. The summed E-state index contributed by atoms with van der Waals surface area (Å²) in [6, 6.07) is 0.813. The first-order valence-corrected chi connectivity index (χ1v) is 4.61. The molecule has 3 heteroatoms. The molecule has 0 amide bonds. The standard InChI is InChI=1S/C9H19NO2/c1-7(2)10-8(6-12-3)4-5-9(10)11/h7-9,11H,4-6H2,1-3H3. The summed E-state index contributed by atoms with van der Waals surface area (Å²) in [5.41, 5.74) is 0. The van der Waals surface area contributed by atoms with Crippen molar-refractivity contribution in [3.8, 4) is 0 Å². The van der Waals surface area contributed by atoms with Crippen LogP contribution < -0.4 is 0 Å². The highest BCUT2D eigenvalue weighted by Gasteiger charge is 2.33. The molecular formula is C9H19NO2. The van der Waals surface area contributed by atoms with Crippen LogP contribution in [0.1, 0.15) is 26.7 Å². The van der Waals surface area contributed by atoms with E-state index in [1.807, 2.05) is 0 Å². The molecular weight excluding hydrogens is 154 g/mol. The molecule has 0 radical (unpaired) electrons. The lowest BCUT2D eigenvalue weighted by Gasteiger charge is -2.30. The molecule has 0 aromatic rings. The van der Waals surface area contributed by atoms with Crippen molar-refractivity contribution in [3.63, 3.8) is 0 Å². The van der Waals surface area contributed by atoms with Gasteiger partial charge in [-0.25, -0.2) is 0 Å². The van der Waals surface area contributed by atoms with Crippen LogP contribution in [0.25, 0.3) is 0 Å². The fourth-order valence-corrected chi connectivity index (χ4v) is 2.01. The van der Waals surface area contributed by atoms with Crippen molar-refractivity contribution in [1.82, 2.24) is 4.90 Å². The Morgan fingerprint density at radius 2 is 2.17 bits per heavy atom. The molecule has 0 spiro atoms. The normalized spacial score (nSPS) is 31.8. The molecule has 1 N–H and O–H groups in total. The first-order chi connectivity index (χ1) is 5.66. The number of aliphatic hydroxyl groups excluding tert-OH is 1. The largest absolute Gasteiger partial charge is 0.383 e. The van der Waals surface area contributed by atoms with Crippen molar-refractivity contribution < 1.29 is 9.84 Å². The van der Waals surface area contributed by atoms with Crippen LogP contribution in [0.4, 0.5) is 0 Å². The van der Waals surface area contributed by atoms with E-state index in [0.29, 0.717) is 12.1 Å². The number of ether oxygens (including phenoxy) is 1. The fourth-order valence-electron chi connectivity index (χ4n) is 2.01. The Kier molecular flexibility index (Phi) is 3.50. The van der Waals surface area contributed by atoms with Crippen molar-refractivity contribution in [1.29, 1.82) is 0 Å². The summed E-state index contributed by atoms with van der Waals surface area (Å²) in [6.45, 7) is 4.95. The molecule has 12 heavy (non-hydrogen) atoms.